The number of H-pyrrole nitrogens is 1. The van der Waals surface area contributed by atoms with Crippen molar-refractivity contribution in [1.82, 2.24) is 4.98 Å². The van der Waals surface area contributed by atoms with Crippen molar-refractivity contribution in [3.05, 3.63) is 81.6 Å². The van der Waals surface area contributed by atoms with E-state index in [0.717, 1.165) is 24.3 Å². The molecule has 3 rings (SSSR count). The Morgan fingerprint density at radius 3 is 2.52 bits per heavy atom. The van der Waals surface area contributed by atoms with Crippen molar-refractivity contribution in [1.29, 1.82) is 0 Å². The van der Waals surface area contributed by atoms with E-state index in [4.69, 9.17) is 4.74 Å². The van der Waals surface area contributed by atoms with Crippen LogP contribution in [0.1, 0.15) is 20.7 Å². The van der Waals surface area contributed by atoms with E-state index in [1.807, 2.05) is 0 Å². The third-order valence-corrected chi connectivity index (χ3v) is 3.55. The Balaban J connectivity index is 1.80. The van der Waals surface area contributed by atoms with Crippen LogP contribution >= 0.6 is 0 Å². The highest BCUT2D eigenvalue weighted by Crippen LogP contribution is 2.16. The SMILES string of the molecule is O=C(COC(=O)c1cc(=O)[nH]c2ccccc12)c1ccc(F)c(F)c1. The van der Waals surface area contributed by atoms with Gasteiger partial charge in [-0.05, 0) is 24.3 Å². The van der Waals surface area contributed by atoms with E-state index in [0.29, 0.717) is 10.9 Å². The molecule has 25 heavy (non-hydrogen) atoms. The number of esters is 1. The summed E-state index contributed by atoms with van der Waals surface area (Å²) in [5.41, 5.74) is -0.147. The lowest BCUT2D eigenvalue weighted by atomic mass is 10.1. The summed E-state index contributed by atoms with van der Waals surface area (Å²) in [4.78, 5) is 38.4. The molecule has 7 heteroatoms. The number of hydrogen-bond donors (Lipinski definition) is 1. The number of carbonyl (C=O) groups excluding carboxylic acids is 2. The van der Waals surface area contributed by atoms with Gasteiger partial charge in [0, 0.05) is 22.5 Å². The van der Waals surface area contributed by atoms with Crippen LogP contribution in [0.4, 0.5) is 8.78 Å². The van der Waals surface area contributed by atoms with Crippen LogP contribution in [-0.4, -0.2) is 23.3 Å². The van der Waals surface area contributed by atoms with Gasteiger partial charge in [-0.3, -0.25) is 9.59 Å². The monoisotopic (exact) mass is 343 g/mol. The summed E-state index contributed by atoms with van der Waals surface area (Å²) >= 11 is 0. The molecule has 0 radical (unpaired) electrons. The Bertz CT molecular complexity index is 1040. The van der Waals surface area contributed by atoms with Gasteiger partial charge in [0.1, 0.15) is 0 Å². The van der Waals surface area contributed by atoms with Crippen molar-refractivity contribution in [2.75, 3.05) is 6.61 Å². The fourth-order valence-electron chi connectivity index (χ4n) is 2.34. The molecular formula is C18H11F2NO4. The summed E-state index contributed by atoms with van der Waals surface area (Å²) < 4.78 is 30.9. The van der Waals surface area contributed by atoms with Crippen LogP contribution in [0.25, 0.3) is 10.9 Å². The maximum Gasteiger partial charge on any atom is 0.339 e. The first-order valence-electron chi connectivity index (χ1n) is 7.23. The Morgan fingerprint density at radius 1 is 1.00 bits per heavy atom. The van der Waals surface area contributed by atoms with E-state index in [1.54, 1.807) is 24.3 Å². The van der Waals surface area contributed by atoms with Crippen molar-refractivity contribution >= 4 is 22.7 Å². The van der Waals surface area contributed by atoms with Crippen molar-refractivity contribution in [2.24, 2.45) is 0 Å². The van der Waals surface area contributed by atoms with Gasteiger partial charge < -0.3 is 9.72 Å². The maximum atomic E-state index is 13.1. The smallest absolute Gasteiger partial charge is 0.339 e. The molecule has 0 spiro atoms. The molecule has 1 N–H and O–H groups in total. The Labute approximate surface area is 139 Å². The van der Waals surface area contributed by atoms with E-state index in [2.05, 4.69) is 4.98 Å². The van der Waals surface area contributed by atoms with Gasteiger partial charge >= 0.3 is 5.97 Å². The van der Waals surface area contributed by atoms with Gasteiger partial charge in [0.15, 0.2) is 24.0 Å². The number of halogens is 2. The largest absolute Gasteiger partial charge is 0.454 e. The number of rotatable bonds is 4. The van der Waals surface area contributed by atoms with Gasteiger partial charge in [-0.1, -0.05) is 18.2 Å². The lowest BCUT2D eigenvalue weighted by molar-refractivity contribution is 0.0476. The summed E-state index contributed by atoms with van der Waals surface area (Å²) in [5.74, 6) is -3.80. The number of ether oxygens (including phenoxy) is 1. The zero-order valence-corrected chi connectivity index (χ0v) is 12.7. The zero-order valence-electron chi connectivity index (χ0n) is 12.7. The second-order valence-corrected chi connectivity index (χ2v) is 5.22. The molecule has 0 amide bonds. The summed E-state index contributed by atoms with van der Waals surface area (Å²) in [7, 11) is 0. The van der Waals surface area contributed by atoms with Gasteiger partial charge in [-0.25, -0.2) is 13.6 Å². The lowest BCUT2D eigenvalue weighted by Crippen LogP contribution is -2.17. The second kappa shape index (κ2) is 6.64. The number of pyridine rings is 1. The minimum absolute atomic E-state index is 0.0115. The molecular weight excluding hydrogens is 332 g/mol. The van der Waals surface area contributed by atoms with Crippen LogP contribution in [0.2, 0.25) is 0 Å². The Hall–Kier alpha value is -3.35. The van der Waals surface area contributed by atoms with Gasteiger partial charge in [0.2, 0.25) is 5.56 Å². The van der Waals surface area contributed by atoms with Crippen molar-refractivity contribution in [3.63, 3.8) is 0 Å². The number of benzene rings is 2. The third kappa shape index (κ3) is 3.45. The fraction of sp³-hybridized carbons (Fsp3) is 0.0556. The number of nitrogens with one attached hydrogen (secondary N) is 1. The normalized spacial score (nSPS) is 10.6. The molecule has 2 aromatic carbocycles. The van der Waals surface area contributed by atoms with Crippen molar-refractivity contribution in [3.8, 4) is 0 Å². The highest BCUT2D eigenvalue weighted by Gasteiger charge is 2.16. The first kappa shape index (κ1) is 16.5. The topological polar surface area (TPSA) is 76.2 Å². The molecule has 0 saturated heterocycles. The summed E-state index contributed by atoms with van der Waals surface area (Å²) in [6.45, 7) is -0.662. The molecule has 0 fully saturated rings. The summed E-state index contributed by atoms with van der Waals surface area (Å²) in [6.07, 6.45) is 0. The quantitative estimate of drug-likeness (QED) is 0.584. The number of hydrogen-bond acceptors (Lipinski definition) is 4. The number of Topliss-reactive ketones (excluding diaryl/α,β-unsaturated/α-hetero) is 1. The zero-order chi connectivity index (χ0) is 18.0. The molecule has 0 saturated carbocycles. The number of ketones is 1. The first-order chi connectivity index (χ1) is 12.0. The van der Waals surface area contributed by atoms with E-state index >= 15 is 0 Å². The number of aromatic nitrogens is 1. The fourth-order valence-corrected chi connectivity index (χ4v) is 2.34. The van der Waals surface area contributed by atoms with E-state index in [-0.39, 0.29) is 11.1 Å². The van der Waals surface area contributed by atoms with E-state index in [9.17, 15) is 23.2 Å². The molecule has 0 unspecified atom stereocenters. The average molecular weight is 343 g/mol. The summed E-state index contributed by atoms with van der Waals surface area (Å²) in [6, 6.07) is 10.3. The average Bonchev–Trinajstić information content (AvgIpc) is 2.60. The first-order valence-corrected chi connectivity index (χ1v) is 7.23. The van der Waals surface area contributed by atoms with Crippen LogP contribution in [0.5, 0.6) is 0 Å². The Morgan fingerprint density at radius 2 is 1.76 bits per heavy atom. The van der Waals surface area contributed by atoms with Crippen LogP contribution in [0, 0.1) is 11.6 Å². The number of fused-ring (bicyclic) bond motifs is 1. The minimum atomic E-state index is -1.17. The number of carbonyl (C=O) groups is 2. The van der Waals surface area contributed by atoms with Crippen LogP contribution < -0.4 is 5.56 Å². The van der Waals surface area contributed by atoms with Crippen molar-refractivity contribution in [2.45, 2.75) is 0 Å². The van der Waals surface area contributed by atoms with Gasteiger partial charge in [-0.15, -0.1) is 0 Å². The molecule has 0 aliphatic rings. The number of aromatic amines is 1. The molecule has 1 aromatic heterocycles. The standard InChI is InChI=1S/C18H11F2NO4/c19-13-6-5-10(7-14(13)20)16(22)9-25-18(24)12-8-17(23)21-15-4-2-1-3-11(12)15/h1-8H,9H2,(H,21,23). The molecule has 0 aliphatic carbocycles. The van der Waals surface area contributed by atoms with Gasteiger partial charge in [0.25, 0.3) is 0 Å². The molecule has 0 aliphatic heterocycles. The maximum absolute atomic E-state index is 13.1. The van der Waals surface area contributed by atoms with Crippen LogP contribution in [-0.2, 0) is 4.74 Å². The molecule has 5 nitrogen and oxygen atoms in total. The highest BCUT2D eigenvalue weighted by molar-refractivity contribution is 6.05. The predicted molar refractivity (Wildman–Crippen MR) is 85.5 cm³/mol. The minimum Gasteiger partial charge on any atom is -0.454 e. The summed E-state index contributed by atoms with van der Waals surface area (Å²) in [5, 5.41) is 0.465. The second-order valence-electron chi connectivity index (χ2n) is 5.22. The van der Waals surface area contributed by atoms with E-state index in [1.165, 1.54) is 0 Å². The van der Waals surface area contributed by atoms with Crippen molar-refractivity contribution < 1.29 is 23.1 Å². The van der Waals surface area contributed by atoms with Crippen LogP contribution in [0.15, 0.2) is 53.3 Å². The third-order valence-electron chi connectivity index (χ3n) is 3.55. The highest BCUT2D eigenvalue weighted by atomic mass is 19.2. The molecule has 126 valence electrons. The van der Waals surface area contributed by atoms with E-state index < -0.39 is 35.6 Å². The molecule has 0 atom stereocenters. The predicted octanol–water partition coefficient (Wildman–Crippen LogP) is 2.85. The van der Waals surface area contributed by atoms with Gasteiger partial charge in [0.05, 0.1) is 5.56 Å². The molecule has 3 aromatic rings. The number of para-hydroxylation sites is 1. The van der Waals surface area contributed by atoms with Crippen LogP contribution in [0.3, 0.4) is 0 Å². The molecule has 1 heterocycles. The Kier molecular flexibility index (Phi) is 4.38. The molecule has 0 bridgehead atoms. The van der Waals surface area contributed by atoms with Gasteiger partial charge in [-0.2, -0.15) is 0 Å². The lowest BCUT2D eigenvalue weighted by Gasteiger charge is -2.07.